The molecule has 8 nitrogen and oxygen atoms in total. The summed E-state index contributed by atoms with van der Waals surface area (Å²) in [5.74, 6) is -4.18. The van der Waals surface area contributed by atoms with Crippen LogP contribution in [0.15, 0.2) is 12.0 Å². The molecule has 0 radical (unpaired) electrons. The smallest absolute Gasteiger partial charge is 0.256 e. The first kappa shape index (κ1) is 23.1. The third-order valence-corrected chi connectivity index (χ3v) is 10.4. The predicted octanol–water partition coefficient (Wildman–Crippen LogP) is 1.08. The van der Waals surface area contributed by atoms with Crippen LogP contribution in [0.5, 0.6) is 0 Å². The lowest BCUT2D eigenvalue weighted by Crippen LogP contribution is -2.74. The molecule has 6 aliphatic rings. The second-order valence-corrected chi connectivity index (χ2v) is 11.6. The Balaban J connectivity index is 1.27. The topological polar surface area (TPSA) is 66.9 Å². The fourth-order valence-corrected chi connectivity index (χ4v) is 7.88. The number of alkyl halides is 2. The molecule has 0 aromatic heterocycles. The van der Waals surface area contributed by atoms with E-state index in [1.54, 1.807) is 6.26 Å². The van der Waals surface area contributed by atoms with Gasteiger partial charge in [0.05, 0.1) is 74.5 Å². The summed E-state index contributed by atoms with van der Waals surface area (Å²) in [5.41, 5.74) is 0.942. The molecule has 6 rings (SSSR count). The van der Waals surface area contributed by atoms with Gasteiger partial charge in [-0.25, -0.2) is 11.9 Å². The number of rotatable bonds is 2. The Morgan fingerprint density at radius 3 is 2.61 bits per heavy atom. The number of halogens is 3. The van der Waals surface area contributed by atoms with E-state index in [2.05, 4.69) is 35.8 Å². The number of aliphatic hydroxyl groups excluding tert-OH is 1. The van der Waals surface area contributed by atoms with Crippen molar-refractivity contribution in [2.45, 2.75) is 67.3 Å². The molecule has 11 heteroatoms. The Morgan fingerprint density at radius 1 is 1.00 bits per heavy atom. The van der Waals surface area contributed by atoms with Crippen molar-refractivity contribution in [3.05, 3.63) is 12.0 Å². The van der Waals surface area contributed by atoms with Crippen molar-refractivity contribution in [3.63, 3.8) is 0 Å². The highest BCUT2D eigenvalue weighted by Gasteiger charge is 2.64. The molecule has 0 amide bonds. The van der Waals surface area contributed by atoms with Crippen LogP contribution in [-0.4, -0.2) is 120 Å². The van der Waals surface area contributed by atoms with E-state index in [0.29, 0.717) is 32.8 Å². The van der Waals surface area contributed by atoms with E-state index < -0.39 is 42.2 Å². The number of aliphatic hydroxyl groups is 1. The minimum atomic E-state index is -2.91. The standard InChI is InChI=1S/C22H32F2IN3O5/c1-26-11-3-17(29)18(14(26)8-30-5-11)20-13-4-22(23,24)19(15(10-33-20)27(13)2)21-16-9-31-6-12(7-32-21)28(16)25/h5,12-21,29H,3-4,6-10H2,1-2H3. The number of morpholine rings is 3. The SMILES string of the molecule is CN1C2=COCC1C(C1OCC3C(C4OCC5COCC4N5I)C(F)(F)CC1N3C)C(O)C2. The van der Waals surface area contributed by atoms with Crippen LogP contribution in [0.2, 0.25) is 0 Å². The quantitative estimate of drug-likeness (QED) is 0.383. The van der Waals surface area contributed by atoms with Gasteiger partial charge >= 0.3 is 0 Å². The second-order valence-electron chi connectivity index (χ2n) is 10.5. The molecular weight excluding hydrogens is 551 g/mol. The first-order chi connectivity index (χ1) is 15.8. The van der Waals surface area contributed by atoms with Gasteiger partial charge in [-0.15, -0.1) is 0 Å². The predicted molar refractivity (Wildman–Crippen MR) is 122 cm³/mol. The third-order valence-electron chi connectivity index (χ3n) is 8.87. The van der Waals surface area contributed by atoms with Gasteiger partial charge in [-0.2, -0.15) is 0 Å². The molecule has 6 heterocycles. The van der Waals surface area contributed by atoms with Crippen molar-refractivity contribution < 1.29 is 32.8 Å². The summed E-state index contributed by atoms with van der Waals surface area (Å²) in [7, 11) is 3.91. The molecule has 10 atom stereocenters. The summed E-state index contributed by atoms with van der Waals surface area (Å²) < 4.78 is 57.8. The largest absolute Gasteiger partial charge is 0.497 e. The number of ether oxygens (including phenoxy) is 4. The average molecular weight is 583 g/mol. The highest BCUT2D eigenvalue weighted by atomic mass is 127. The average Bonchev–Trinajstić information content (AvgIpc) is 2.73. The van der Waals surface area contributed by atoms with Gasteiger partial charge < -0.3 is 29.0 Å². The lowest BCUT2D eigenvalue weighted by atomic mass is 9.70. The van der Waals surface area contributed by atoms with Crippen molar-refractivity contribution in [1.29, 1.82) is 0 Å². The molecule has 5 saturated heterocycles. The maximum absolute atomic E-state index is 15.9. The molecule has 0 aromatic carbocycles. The van der Waals surface area contributed by atoms with E-state index in [0.717, 1.165) is 5.70 Å². The Labute approximate surface area is 206 Å². The summed E-state index contributed by atoms with van der Waals surface area (Å²) in [4.78, 5) is 4.19. The normalized spacial score (nSPS) is 49.9. The van der Waals surface area contributed by atoms with Gasteiger partial charge in [-0.05, 0) is 7.05 Å². The van der Waals surface area contributed by atoms with E-state index in [1.807, 2.05) is 14.1 Å². The van der Waals surface area contributed by atoms with Crippen molar-refractivity contribution in [1.82, 2.24) is 12.9 Å². The van der Waals surface area contributed by atoms with Gasteiger partial charge in [0.15, 0.2) is 0 Å². The van der Waals surface area contributed by atoms with Crippen molar-refractivity contribution >= 4 is 22.9 Å². The van der Waals surface area contributed by atoms with Crippen LogP contribution in [-0.2, 0) is 18.9 Å². The Morgan fingerprint density at radius 2 is 1.79 bits per heavy atom. The number of fused-ring (bicyclic) bond motifs is 6. The number of nitrogens with zero attached hydrogens (tertiary/aromatic N) is 3. The van der Waals surface area contributed by atoms with Gasteiger partial charge in [-0.1, -0.05) is 0 Å². The summed E-state index contributed by atoms with van der Waals surface area (Å²) in [6, 6.07) is -1.13. The number of piperidine rings is 2. The molecule has 6 bridgehead atoms. The summed E-state index contributed by atoms with van der Waals surface area (Å²) in [6.07, 6.45) is 0.0805. The number of hydrogen-bond acceptors (Lipinski definition) is 8. The zero-order chi connectivity index (χ0) is 23.1. The van der Waals surface area contributed by atoms with Crippen molar-refractivity contribution in [2.75, 3.05) is 47.1 Å². The van der Waals surface area contributed by atoms with Gasteiger partial charge in [0.1, 0.15) is 12.9 Å². The van der Waals surface area contributed by atoms with Crippen LogP contribution in [0.4, 0.5) is 8.78 Å². The maximum atomic E-state index is 15.9. The third kappa shape index (κ3) is 3.55. The molecule has 0 saturated carbocycles. The fourth-order valence-electron chi connectivity index (χ4n) is 7.08. The molecule has 186 valence electrons. The van der Waals surface area contributed by atoms with Gasteiger partial charge in [0, 0.05) is 60.8 Å². The van der Waals surface area contributed by atoms with Crippen molar-refractivity contribution in [2.24, 2.45) is 11.8 Å². The monoisotopic (exact) mass is 583 g/mol. The van der Waals surface area contributed by atoms with Gasteiger partial charge in [0.2, 0.25) is 0 Å². The zero-order valence-electron chi connectivity index (χ0n) is 18.9. The lowest BCUT2D eigenvalue weighted by Gasteiger charge is -2.60. The van der Waals surface area contributed by atoms with Crippen LogP contribution >= 0.6 is 22.9 Å². The molecular formula is C22H32F2IN3O5. The van der Waals surface area contributed by atoms with E-state index in [1.165, 1.54) is 0 Å². The molecule has 1 N–H and O–H groups in total. The fraction of sp³-hybridized carbons (Fsp3) is 0.909. The summed E-state index contributed by atoms with van der Waals surface area (Å²) in [5, 5.41) is 11.0. The highest BCUT2D eigenvalue weighted by Crippen LogP contribution is 2.50. The van der Waals surface area contributed by atoms with Crippen LogP contribution in [0.1, 0.15) is 12.8 Å². The van der Waals surface area contributed by atoms with Crippen molar-refractivity contribution in [3.8, 4) is 0 Å². The van der Waals surface area contributed by atoms with E-state index >= 15 is 8.78 Å². The van der Waals surface area contributed by atoms with E-state index in [4.69, 9.17) is 18.9 Å². The molecule has 0 aromatic rings. The van der Waals surface area contributed by atoms with Crippen LogP contribution in [0.25, 0.3) is 0 Å². The van der Waals surface area contributed by atoms with E-state index in [-0.39, 0.29) is 37.1 Å². The molecule has 0 spiro atoms. The van der Waals surface area contributed by atoms with Gasteiger partial charge in [-0.3, -0.25) is 4.90 Å². The molecule has 10 unspecified atom stereocenters. The molecule has 33 heavy (non-hydrogen) atoms. The Hall–Kier alpha value is -0.310. The minimum absolute atomic E-state index is 0.0966. The first-order valence-electron chi connectivity index (χ1n) is 11.8. The van der Waals surface area contributed by atoms with Crippen LogP contribution in [0, 0.1) is 11.8 Å². The molecule has 5 fully saturated rings. The zero-order valence-corrected chi connectivity index (χ0v) is 21.0. The number of hydrogen-bond donors (Lipinski definition) is 1. The first-order valence-corrected chi connectivity index (χ1v) is 12.8. The minimum Gasteiger partial charge on any atom is -0.497 e. The van der Waals surface area contributed by atoms with Crippen LogP contribution in [0.3, 0.4) is 0 Å². The Bertz CT molecular complexity index is 808. The Kier molecular flexibility index (Phi) is 5.87. The van der Waals surface area contributed by atoms with Crippen LogP contribution < -0.4 is 0 Å². The van der Waals surface area contributed by atoms with E-state index in [9.17, 15) is 5.11 Å². The second kappa shape index (κ2) is 8.38. The number of likely N-dealkylation sites (N-methyl/N-ethyl adjacent to an activating group) is 2. The molecule has 6 aliphatic heterocycles. The molecule has 0 aliphatic carbocycles. The lowest BCUT2D eigenvalue weighted by molar-refractivity contribution is -0.273. The highest BCUT2D eigenvalue weighted by molar-refractivity contribution is 14.1. The summed E-state index contributed by atoms with van der Waals surface area (Å²) in [6.45, 7) is 1.99. The summed E-state index contributed by atoms with van der Waals surface area (Å²) >= 11 is 2.25. The maximum Gasteiger partial charge on any atom is 0.256 e. The van der Waals surface area contributed by atoms with Gasteiger partial charge in [0.25, 0.3) is 5.92 Å².